The second kappa shape index (κ2) is 1.71. The summed E-state index contributed by atoms with van der Waals surface area (Å²) < 4.78 is 0. The van der Waals surface area contributed by atoms with Crippen LogP contribution in [0.2, 0.25) is 0 Å². The maximum absolute atomic E-state index is 9.21. The molecular weight excluding hydrogens is 104 g/mol. The number of hydrogen-bond donors (Lipinski definition) is 2. The quantitative estimate of drug-likeness (QED) is 0.477. The largest absolute Gasteiger partial charge is 0.390 e. The molecule has 0 spiro atoms. The second-order valence-electron chi connectivity index (χ2n) is 2.77. The van der Waals surface area contributed by atoms with Crippen molar-refractivity contribution >= 4 is 0 Å². The highest BCUT2D eigenvalue weighted by atomic mass is 16.3. The first-order chi connectivity index (χ1) is 3.63. The van der Waals surface area contributed by atoms with Crippen LogP contribution in [0.1, 0.15) is 26.2 Å². The molecule has 8 heavy (non-hydrogen) atoms. The zero-order chi connectivity index (χ0) is 6.20. The first kappa shape index (κ1) is 6.05. The van der Waals surface area contributed by atoms with Crippen molar-refractivity contribution in [2.45, 2.75) is 37.9 Å². The zero-order valence-electron chi connectivity index (χ0n) is 5.09. The van der Waals surface area contributed by atoms with Gasteiger partial charge in [-0.05, 0) is 26.2 Å². The van der Waals surface area contributed by atoms with Crippen LogP contribution in [0, 0.1) is 0 Å². The summed E-state index contributed by atoms with van der Waals surface area (Å²) in [6, 6.07) is 0. The fraction of sp³-hybridized carbons (Fsp3) is 1.00. The molecule has 1 aliphatic rings. The van der Waals surface area contributed by atoms with Gasteiger partial charge in [0, 0.05) is 0 Å². The van der Waals surface area contributed by atoms with Crippen molar-refractivity contribution in [3.8, 4) is 0 Å². The second-order valence-corrected chi connectivity index (χ2v) is 2.77. The topological polar surface area (TPSA) is 40.5 Å². The van der Waals surface area contributed by atoms with Crippen molar-refractivity contribution in [1.29, 1.82) is 0 Å². The van der Waals surface area contributed by atoms with Crippen LogP contribution in [0.25, 0.3) is 0 Å². The fourth-order valence-corrected chi connectivity index (χ4v) is 1.13. The summed E-state index contributed by atoms with van der Waals surface area (Å²) in [5.41, 5.74) is -0.792. The molecule has 1 rings (SSSR count). The summed E-state index contributed by atoms with van der Waals surface area (Å²) >= 11 is 0. The molecule has 48 valence electrons. The molecule has 0 bridgehead atoms. The Balaban J connectivity index is 2.54. The lowest BCUT2D eigenvalue weighted by Gasteiger charge is -2.19. The molecule has 1 fully saturated rings. The zero-order valence-corrected chi connectivity index (χ0v) is 5.09. The Morgan fingerprint density at radius 1 is 1.62 bits per heavy atom. The predicted molar refractivity (Wildman–Crippen MR) is 30.5 cm³/mol. The number of rotatable bonds is 0. The average molecular weight is 116 g/mol. The molecule has 0 aromatic carbocycles. The molecular formula is C6H12O2. The number of aliphatic hydroxyl groups is 2. The van der Waals surface area contributed by atoms with Crippen LogP contribution in [-0.4, -0.2) is 21.9 Å². The van der Waals surface area contributed by atoms with Gasteiger partial charge in [-0.15, -0.1) is 0 Å². The lowest BCUT2D eigenvalue weighted by molar-refractivity contribution is -0.0382. The van der Waals surface area contributed by atoms with Crippen LogP contribution in [-0.2, 0) is 0 Å². The third-order valence-corrected chi connectivity index (χ3v) is 1.88. The molecule has 2 N–H and O–H groups in total. The van der Waals surface area contributed by atoms with E-state index in [0.29, 0.717) is 0 Å². The van der Waals surface area contributed by atoms with Gasteiger partial charge < -0.3 is 10.2 Å². The van der Waals surface area contributed by atoms with Gasteiger partial charge in [-0.3, -0.25) is 0 Å². The van der Waals surface area contributed by atoms with Gasteiger partial charge in [0.1, 0.15) is 0 Å². The van der Waals surface area contributed by atoms with E-state index in [2.05, 4.69) is 0 Å². The Hall–Kier alpha value is -0.0800. The molecule has 2 nitrogen and oxygen atoms in total. The van der Waals surface area contributed by atoms with Gasteiger partial charge in [0.15, 0.2) is 0 Å². The molecule has 0 radical (unpaired) electrons. The first-order valence-corrected chi connectivity index (χ1v) is 3.03. The molecule has 2 heteroatoms. The van der Waals surface area contributed by atoms with Gasteiger partial charge in [0.05, 0.1) is 11.7 Å². The van der Waals surface area contributed by atoms with E-state index in [1.165, 1.54) is 0 Å². The van der Waals surface area contributed by atoms with Gasteiger partial charge in [-0.25, -0.2) is 0 Å². The van der Waals surface area contributed by atoms with Crippen LogP contribution >= 0.6 is 0 Å². The summed E-state index contributed by atoms with van der Waals surface area (Å²) in [5.74, 6) is 0. The monoisotopic (exact) mass is 116 g/mol. The highest BCUT2D eigenvalue weighted by Crippen LogP contribution is 2.28. The van der Waals surface area contributed by atoms with Crippen molar-refractivity contribution in [1.82, 2.24) is 0 Å². The van der Waals surface area contributed by atoms with E-state index < -0.39 is 11.7 Å². The molecule has 0 amide bonds. The van der Waals surface area contributed by atoms with Gasteiger partial charge >= 0.3 is 0 Å². The number of aliphatic hydroxyl groups excluding tert-OH is 1. The van der Waals surface area contributed by atoms with Crippen LogP contribution in [0.5, 0.6) is 0 Å². The molecule has 2 atom stereocenters. The highest BCUT2D eigenvalue weighted by Gasteiger charge is 2.34. The minimum Gasteiger partial charge on any atom is -0.390 e. The fourth-order valence-electron chi connectivity index (χ4n) is 1.13. The van der Waals surface area contributed by atoms with E-state index in [0.717, 1.165) is 19.3 Å². The lowest BCUT2D eigenvalue weighted by Crippen LogP contribution is -2.32. The maximum atomic E-state index is 9.21. The molecule has 0 unspecified atom stereocenters. The highest BCUT2D eigenvalue weighted by molar-refractivity contribution is 4.87. The van der Waals surface area contributed by atoms with E-state index in [1.807, 2.05) is 0 Å². The van der Waals surface area contributed by atoms with E-state index >= 15 is 0 Å². The van der Waals surface area contributed by atoms with E-state index in [-0.39, 0.29) is 0 Å². The Kier molecular flexibility index (Phi) is 1.29. The average Bonchev–Trinajstić information content (AvgIpc) is 1.86. The summed E-state index contributed by atoms with van der Waals surface area (Å²) in [5, 5.41) is 18.2. The van der Waals surface area contributed by atoms with Crippen LogP contribution < -0.4 is 0 Å². The van der Waals surface area contributed by atoms with Crippen LogP contribution in [0.15, 0.2) is 0 Å². The van der Waals surface area contributed by atoms with Crippen molar-refractivity contribution in [2.75, 3.05) is 0 Å². The van der Waals surface area contributed by atoms with E-state index in [4.69, 9.17) is 5.11 Å². The molecule has 0 heterocycles. The SMILES string of the molecule is C[C@@]1(O)CCC[C@H]1O. The van der Waals surface area contributed by atoms with Gasteiger partial charge in [-0.2, -0.15) is 0 Å². The standard InChI is InChI=1S/C6H12O2/c1-6(8)4-2-3-5(6)7/h5,7-8H,2-4H2,1H3/t5-,6-/m1/s1. The van der Waals surface area contributed by atoms with Crippen molar-refractivity contribution in [3.63, 3.8) is 0 Å². The molecule has 0 saturated heterocycles. The smallest absolute Gasteiger partial charge is 0.0877 e. The Morgan fingerprint density at radius 2 is 2.25 bits per heavy atom. The van der Waals surface area contributed by atoms with E-state index in [1.54, 1.807) is 6.92 Å². The summed E-state index contributed by atoms with van der Waals surface area (Å²) in [6.07, 6.45) is 1.97. The molecule has 1 aliphatic carbocycles. The van der Waals surface area contributed by atoms with Crippen LogP contribution in [0.3, 0.4) is 0 Å². The Labute approximate surface area is 49.1 Å². The molecule has 0 aliphatic heterocycles. The number of hydrogen-bond acceptors (Lipinski definition) is 2. The minimum absolute atomic E-state index is 0.484. The van der Waals surface area contributed by atoms with E-state index in [9.17, 15) is 5.11 Å². The summed E-state index contributed by atoms with van der Waals surface area (Å²) in [6.45, 7) is 1.69. The van der Waals surface area contributed by atoms with Crippen molar-refractivity contribution in [3.05, 3.63) is 0 Å². The summed E-state index contributed by atoms with van der Waals surface area (Å²) in [7, 11) is 0. The minimum atomic E-state index is -0.792. The Morgan fingerprint density at radius 3 is 2.38 bits per heavy atom. The third kappa shape index (κ3) is 0.858. The molecule has 0 aromatic heterocycles. The van der Waals surface area contributed by atoms with Gasteiger partial charge in [-0.1, -0.05) is 0 Å². The van der Waals surface area contributed by atoms with Crippen molar-refractivity contribution in [2.24, 2.45) is 0 Å². The van der Waals surface area contributed by atoms with Crippen molar-refractivity contribution < 1.29 is 10.2 Å². The van der Waals surface area contributed by atoms with Crippen LogP contribution in [0.4, 0.5) is 0 Å². The first-order valence-electron chi connectivity index (χ1n) is 3.03. The lowest BCUT2D eigenvalue weighted by atomic mass is 10.0. The molecule has 0 aromatic rings. The summed E-state index contributed by atoms with van der Waals surface area (Å²) in [4.78, 5) is 0. The Bertz CT molecular complexity index is 88.5. The normalized spacial score (nSPS) is 47.6. The molecule has 1 saturated carbocycles. The van der Waals surface area contributed by atoms with Gasteiger partial charge in [0.25, 0.3) is 0 Å². The predicted octanol–water partition coefficient (Wildman–Crippen LogP) is 0.282. The maximum Gasteiger partial charge on any atom is 0.0877 e. The third-order valence-electron chi connectivity index (χ3n) is 1.88. The van der Waals surface area contributed by atoms with Gasteiger partial charge in [0.2, 0.25) is 0 Å².